The first kappa shape index (κ1) is 16.0. The lowest BCUT2D eigenvalue weighted by molar-refractivity contribution is 0.259. The summed E-state index contributed by atoms with van der Waals surface area (Å²) in [6.07, 6.45) is 1.43. The molecule has 0 saturated carbocycles. The smallest absolute Gasteiger partial charge is 0.244 e. The predicted octanol–water partition coefficient (Wildman–Crippen LogP) is 0.390. The zero-order chi connectivity index (χ0) is 15.3. The molecule has 1 atom stereocenters. The number of aliphatic hydroxyl groups is 1. The van der Waals surface area contributed by atoms with Crippen molar-refractivity contribution in [1.29, 1.82) is 0 Å². The van der Waals surface area contributed by atoms with Gasteiger partial charge < -0.3 is 10.8 Å². The molecule has 6 heteroatoms. The normalized spacial score (nSPS) is 19.2. The monoisotopic (exact) mass is 308 g/mol. The Bertz CT molecular complexity index is 646. The van der Waals surface area contributed by atoms with Crippen molar-refractivity contribution in [2.45, 2.75) is 17.7 Å². The van der Waals surface area contributed by atoms with Crippen LogP contribution in [0.15, 0.2) is 29.2 Å². The van der Waals surface area contributed by atoms with Gasteiger partial charge in [-0.1, -0.05) is 24.0 Å². The second-order valence-electron chi connectivity index (χ2n) is 5.03. The van der Waals surface area contributed by atoms with E-state index >= 15 is 0 Å². The first-order chi connectivity index (χ1) is 10.1. The third-order valence-electron chi connectivity index (χ3n) is 3.62. The van der Waals surface area contributed by atoms with Gasteiger partial charge in [-0.2, -0.15) is 4.31 Å². The molecule has 1 heterocycles. The van der Waals surface area contributed by atoms with Gasteiger partial charge in [-0.15, -0.1) is 0 Å². The van der Waals surface area contributed by atoms with Crippen LogP contribution in [-0.2, 0) is 10.0 Å². The Morgan fingerprint density at radius 3 is 2.86 bits per heavy atom. The number of nitrogens with two attached hydrogens (primary N) is 1. The molecule has 1 aliphatic rings. The van der Waals surface area contributed by atoms with E-state index in [1.165, 1.54) is 4.31 Å². The number of nitrogens with zero attached hydrogens (tertiary/aromatic N) is 1. The third-order valence-corrected chi connectivity index (χ3v) is 5.54. The summed E-state index contributed by atoms with van der Waals surface area (Å²) < 4.78 is 26.9. The Balaban J connectivity index is 2.29. The largest absolute Gasteiger partial charge is 0.396 e. The molecule has 0 aliphatic carbocycles. The minimum Gasteiger partial charge on any atom is -0.396 e. The lowest BCUT2D eigenvalue weighted by Gasteiger charge is -2.17. The van der Waals surface area contributed by atoms with Crippen molar-refractivity contribution < 1.29 is 13.5 Å². The average Bonchev–Trinajstić information content (AvgIpc) is 2.95. The highest BCUT2D eigenvalue weighted by Gasteiger charge is 2.33. The molecule has 0 bridgehead atoms. The van der Waals surface area contributed by atoms with E-state index in [-0.39, 0.29) is 24.0 Å². The number of hydrogen-bond donors (Lipinski definition) is 2. The molecule has 5 nitrogen and oxygen atoms in total. The summed E-state index contributed by atoms with van der Waals surface area (Å²) in [4.78, 5) is 0.232. The first-order valence-electron chi connectivity index (χ1n) is 6.98. The van der Waals surface area contributed by atoms with E-state index in [1.807, 2.05) is 0 Å². The Morgan fingerprint density at radius 2 is 2.14 bits per heavy atom. The van der Waals surface area contributed by atoms with Crippen LogP contribution in [0.2, 0.25) is 0 Å². The predicted molar refractivity (Wildman–Crippen MR) is 80.9 cm³/mol. The Hall–Kier alpha value is -1.39. The molecule has 0 spiro atoms. The molecule has 1 unspecified atom stereocenters. The fraction of sp³-hybridized carbons (Fsp3) is 0.467. The summed E-state index contributed by atoms with van der Waals surface area (Å²) >= 11 is 0. The Kier molecular flexibility index (Phi) is 5.37. The van der Waals surface area contributed by atoms with Crippen LogP contribution < -0.4 is 5.73 Å². The highest BCUT2D eigenvalue weighted by molar-refractivity contribution is 7.89. The standard InChI is InChI=1S/C15H20N2O3S/c16-9-3-5-14-4-1-2-6-15(14)21(19,20)17-10-7-13(12-17)8-11-18/h1-2,4,6,13,18H,7-12,16H2. The average molecular weight is 308 g/mol. The quantitative estimate of drug-likeness (QED) is 0.788. The SMILES string of the molecule is NCC#Cc1ccccc1S(=O)(=O)N1CCC(CCO)C1. The Morgan fingerprint density at radius 1 is 1.38 bits per heavy atom. The molecule has 0 radical (unpaired) electrons. The van der Waals surface area contributed by atoms with Crippen LogP contribution in [0, 0.1) is 17.8 Å². The van der Waals surface area contributed by atoms with Gasteiger partial charge in [0, 0.05) is 25.3 Å². The van der Waals surface area contributed by atoms with Gasteiger partial charge in [0.25, 0.3) is 0 Å². The van der Waals surface area contributed by atoms with Crippen molar-refractivity contribution in [3.8, 4) is 11.8 Å². The number of aliphatic hydroxyl groups excluding tert-OH is 1. The van der Waals surface area contributed by atoms with Crippen molar-refractivity contribution >= 4 is 10.0 Å². The molecule has 1 saturated heterocycles. The first-order valence-corrected chi connectivity index (χ1v) is 8.42. The van der Waals surface area contributed by atoms with Gasteiger partial charge >= 0.3 is 0 Å². The van der Waals surface area contributed by atoms with Crippen LogP contribution >= 0.6 is 0 Å². The van der Waals surface area contributed by atoms with E-state index in [2.05, 4.69) is 11.8 Å². The van der Waals surface area contributed by atoms with Crippen molar-refractivity contribution in [2.24, 2.45) is 11.7 Å². The van der Waals surface area contributed by atoms with Crippen LogP contribution in [0.1, 0.15) is 18.4 Å². The van der Waals surface area contributed by atoms with Gasteiger partial charge in [-0.25, -0.2) is 8.42 Å². The van der Waals surface area contributed by atoms with Crippen LogP contribution in [0.5, 0.6) is 0 Å². The van der Waals surface area contributed by atoms with Gasteiger partial charge in [0.2, 0.25) is 10.0 Å². The topological polar surface area (TPSA) is 83.6 Å². The van der Waals surface area contributed by atoms with Gasteiger partial charge in [0.15, 0.2) is 0 Å². The molecule has 3 N–H and O–H groups in total. The summed E-state index contributed by atoms with van der Waals surface area (Å²) in [5.41, 5.74) is 5.83. The highest BCUT2D eigenvalue weighted by atomic mass is 32.2. The van der Waals surface area contributed by atoms with Gasteiger partial charge in [0.1, 0.15) is 0 Å². The van der Waals surface area contributed by atoms with E-state index < -0.39 is 10.0 Å². The molecule has 21 heavy (non-hydrogen) atoms. The minimum absolute atomic E-state index is 0.0944. The molecule has 1 aliphatic heterocycles. The zero-order valence-corrected chi connectivity index (χ0v) is 12.6. The van der Waals surface area contributed by atoms with Crippen molar-refractivity contribution in [3.63, 3.8) is 0 Å². The third kappa shape index (κ3) is 3.63. The van der Waals surface area contributed by atoms with Crippen molar-refractivity contribution in [1.82, 2.24) is 4.31 Å². The van der Waals surface area contributed by atoms with E-state index in [9.17, 15) is 8.42 Å². The number of rotatable bonds is 4. The van der Waals surface area contributed by atoms with Gasteiger partial charge in [-0.3, -0.25) is 0 Å². The molecule has 2 rings (SSSR count). The molecular formula is C15H20N2O3S. The Labute approximate surface area is 125 Å². The summed E-state index contributed by atoms with van der Waals surface area (Å²) in [6, 6.07) is 6.73. The molecule has 0 aromatic heterocycles. The van der Waals surface area contributed by atoms with Crippen molar-refractivity contribution in [3.05, 3.63) is 29.8 Å². The summed E-state index contributed by atoms with van der Waals surface area (Å²) in [5.74, 6) is 5.75. The molecule has 1 aromatic rings. The van der Waals surface area contributed by atoms with Gasteiger partial charge in [-0.05, 0) is 30.9 Å². The molecule has 114 valence electrons. The molecule has 1 aromatic carbocycles. The van der Waals surface area contributed by atoms with E-state index in [4.69, 9.17) is 10.8 Å². The fourth-order valence-electron chi connectivity index (χ4n) is 2.51. The zero-order valence-electron chi connectivity index (χ0n) is 11.8. The molecule has 0 amide bonds. The lowest BCUT2D eigenvalue weighted by Crippen LogP contribution is -2.29. The van der Waals surface area contributed by atoms with E-state index in [0.717, 1.165) is 6.42 Å². The second-order valence-corrected chi connectivity index (χ2v) is 6.94. The second kappa shape index (κ2) is 7.05. The highest BCUT2D eigenvalue weighted by Crippen LogP contribution is 2.27. The summed E-state index contributed by atoms with van der Waals surface area (Å²) in [7, 11) is -3.54. The lowest BCUT2D eigenvalue weighted by atomic mass is 10.1. The van der Waals surface area contributed by atoms with Gasteiger partial charge in [0.05, 0.1) is 11.4 Å². The minimum atomic E-state index is -3.54. The maximum atomic E-state index is 12.7. The molecule has 1 fully saturated rings. The summed E-state index contributed by atoms with van der Waals surface area (Å²) in [5, 5.41) is 8.98. The van der Waals surface area contributed by atoms with Crippen molar-refractivity contribution in [2.75, 3.05) is 26.2 Å². The van der Waals surface area contributed by atoms with Crippen LogP contribution in [0.3, 0.4) is 0 Å². The summed E-state index contributed by atoms with van der Waals surface area (Å²) in [6.45, 7) is 1.24. The fourth-order valence-corrected chi connectivity index (χ4v) is 4.19. The van der Waals surface area contributed by atoms with E-state index in [0.29, 0.717) is 25.1 Å². The number of hydrogen-bond acceptors (Lipinski definition) is 4. The van der Waals surface area contributed by atoms with Crippen LogP contribution in [0.4, 0.5) is 0 Å². The number of benzene rings is 1. The maximum Gasteiger partial charge on any atom is 0.244 e. The molecular weight excluding hydrogens is 288 g/mol. The van der Waals surface area contributed by atoms with E-state index in [1.54, 1.807) is 24.3 Å². The van der Waals surface area contributed by atoms with Crippen LogP contribution in [-0.4, -0.2) is 44.1 Å². The maximum absolute atomic E-state index is 12.7. The number of sulfonamides is 1. The van der Waals surface area contributed by atoms with Crippen LogP contribution in [0.25, 0.3) is 0 Å².